The summed E-state index contributed by atoms with van der Waals surface area (Å²) in [5, 5.41) is 10.7. The zero-order chi connectivity index (χ0) is 13.2. The first-order valence-corrected chi connectivity index (χ1v) is 6.66. The first kappa shape index (κ1) is 13.4. The molecule has 0 spiro atoms. The second-order valence-electron chi connectivity index (χ2n) is 5.39. The first-order chi connectivity index (χ1) is 8.55. The summed E-state index contributed by atoms with van der Waals surface area (Å²) in [5.74, 6) is 0.835. The Morgan fingerprint density at radius 1 is 1.17 bits per heavy atom. The number of nitrogens with zero attached hydrogens (tertiary/aromatic N) is 1. The van der Waals surface area contributed by atoms with Gasteiger partial charge in [-0.15, -0.1) is 0 Å². The minimum absolute atomic E-state index is 0.561. The second-order valence-corrected chi connectivity index (χ2v) is 5.39. The maximum Gasteiger partial charge on any atom is 0.118 e. The second kappa shape index (κ2) is 5.29. The third kappa shape index (κ3) is 2.68. The largest absolute Gasteiger partial charge is 0.497 e. The molecule has 0 bridgehead atoms. The van der Waals surface area contributed by atoms with E-state index in [0.29, 0.717) is 6.04 Å². The highest BCUT2D eigenvalue weighted by molar-refractivity contribution is 5.31. The lowest BCUT2D eigenvalue weighted by Crippen LogP contribution is -2.45. The molecule has 2 rings (SSSR count). The number of aliphatic hydroxyl groups is 1. The van der Waals surface area contributed by atoms with Gasteiger partial charge in [0.25, 0.3) is 0 Å². The lowest BCUT2D eigenvalue weighted by Gasteiger charge is -2.40. The lowest BCUT2D eigenvalue weighted by atomic mass is 9.84. The fraction of sp³-hybridized carbons (Fsp3) is 0.600. The van der Waals surface area contributed by atoms with E-state index in [2.05, 4.69) is 18.7 Å². The molecule has 0 saturated carbocycles. The topological polar surface area (TPSA) is 32.7 Å². The van der Waals surface area contributed by atoms with Crippen LogP contribution in [0, 0.1) is 0 Å². The van der Waals surface area contributed by atoms with E-state index >= 15 is 0 Å². The maximum absolute atomic E-state index is 10.7. The van der Waals surface area contributed by atoms with Crippen LogP contribution in [-0.2, 0) is 5.60 Å². The van der Waals surface area contributed by atoms with Crippen molar-refractivity contribution in [1.29, 1.82) is 0 Å². The molecule has 1 aromatic rings. The van der Waals surface area contributed by atoms with Crippen LogP contribution >= 0.6 is 0 Å². The molecule has 1 aromatic carbocycles. The van der Waals surface area contributed by atoms with Crippen LogP contribution in [0.3, 0.4) is 0 Å². The third-order valence-corrected chi connectivity index (χ3v) is 3.98. The minimum Gasteiger partial charge on any atom is -0.497 e. The van der Waals surface area contributed by atoms with Gasteiger partial charge >= 0.3 is 0 Å². The van der Waals surface area contributed by atoms with Crippen molar-refractivity contribution < 1.29 is 9.84 Å². The van der Waals surface area contributed by atoms with E-state index < -0.39 is 5.60 Å². The lowest BCUT2D eigenvalue weighted by molar-refractivity contribution is -0.0324. The Morgan fingerprint density at radius 3 is 2.17 bits per heavy atom. The fourth-order valence-corrected chi connectivity index (χ4v) is 2.60. The van der Waals surface area contributed by atoms with Crippen LogP contribution in [0.5, 0.6) is 5.75 Å². The predicted molar refractivity (Wildman–Crippen MR) is 72.8 cm³/mol. The molecule has 1 aliphatic rings. The Hall–Kier alpha value is -1.06. The van der Waals surface area contributed by atoms with E-state index in [4.69, 9.17) is 4.74 Å². The van der Waals surface area contributed by atoms with Crippen molar-refractivity contribution in [2.45, 2.75) is 38.3 Å². The average molecular weight is 249 g/mol. The molecule has 18 heavy (non-hydrogen) atoms. The van der Waals surface area contributed by atoms with Crippen molar-refractivity contribution in [3.63, 3.8) is 0 Å². The van der Waals surface area contributed by atoms with E-state index in [9.17, 15) is 5.11 Å². The van der Waals surface area contributed by atoms with Crippen molar-refractivity contribution >= 4 is 0 Å². The van der Waals surface area contributed by atoms with Gasteiger partial charge in [-0.2, -0.15) is 0 Å². The fourth-order valence-electron chi connectivity index (χ4n) is 2.60. The Morgan fingerprint density at radius 2 is 1.72 bits per heavy atom. The maximum atomic E-state index is 10.7. The highest BCUT2D eigenvalue weighted by Crippen LogP contribution is 2.34. The highest BCUT2D eigenvalue weighted by atomic mass is 16.5. The highest BCUT2D eigenvalue weighted by Gasteiger charge is 2.34. The number of ether oxygens (including phenoxy) is 1. The van der Waals surface area contributed by atoms with Gasteiger partial charge in [0.2, 0.25) is 0 Å². The standard InChI is InChI=1S/C15H23NO2/c1-12(2)16-10-8-15(17,9-11-16)13-4-6-14(18-3)7-5-13/h4-7,12,17H,8-11H2,1-3H3. The van der Waals surface area contributed by atoms with Crippen molar-refractivity contribution in [2.75, 3.05) is 20.2 Å². The van der Waals surface area contributed by atoms with E-state index in [0.717, 1.165) is 37.2 Å². The van der Waals surface area contributed by atoms with Crippen LogP contribution in [0.25, 0.3) is 0 Å². The van der Waals surface area contributed by atoms with Gasteiger partial charge in [-0.1, -0.05) is 12.1 Å². The molecule has 3 nitrogen and oxygen atoms in total. The molecule has 0 radical (unpaired) electrons. The molecule has 1 fully saturated rings. The molecule has 0 atom stereocenters. The summed E-state index contributed by atoms with van der Waals surface area (Å²) >= 11 is 0. The van der Waals surface area contributed by atoms with Crippen LogP contribution in [0.15, 0.2) is 24.3 Å². The van der Waals surface area contributed by atoms with Crippen molar-refractivity contribution in [3.05, 3.63) is 29.8 Å². The molecule has 1 heterocycles. The number of rotatable bonds is 3. The average Bonchev–Trinajstić information content (AvgIpc) is 2.39. The van der Waals surface area contributed by atoms with Gasteiger partial charge in [0.05, 0.1) is 12.7 Å². The number of piperidine rings is 1. The van der Waals surface area contributed by atoms with Crippen molar-refractivity contribution in [1.82, 2.24) is 4.90 Å². The van der Waals surface area contributed by atoms with Crippen LogP contribution in [0.2, 0.25) is 0 Å². The Bertz CT molecular complexity index is 378. The van der Waals surface area contributed by atoms with Gasteiger partial charge in [0, 0.05) is 19.1 Å². The minimum atomic E-state index is -0.669. The quantitative estimate of drug-likeness (QED) is 0.893. The summed E-state index contributed by atoms with van der Waals surface area (Å²) in [7, 11) is 1.66. The van der Waals surface area contributed by atoms with Crippen LogP contribution in [-0.4, -0.2) is 36.2 Å². The Balaban J connectivity index is 2.08. The van der Waals surface area contributed by atoms with Gasteiger partial charge in [-0.25, -0.2) is 0 Å². The molecule has 0 unspecified atom stereocenters. The summed E-state index contributed by atoms with van der Waals surface area (Å²) < 4.78 is 5.15. The smallest absolute Gasteiger partial charge is 0.118 e. The third-order valence-electron chi connectivity index (χ3n) is 3.98. The summed E-state index contributed by atoms with van der Waals surface area (Å²) in [5.41, 5.74) is 0.337. The van der Waals surface area contributed by atoms with Crippen LogP contribution in [0.4, 0.5) is 0 Å². The summed E-state index contributed by atoms with van der Waals surface area (Å²) in [6.45, 7) is 6.33. The number of hydrogen-bond acceptors (Lipinski definition) is 3. The van der Waals surface area contributed by atoms with E-state index in [1.54, 1.807) is 7.11 Å². The van der Waals surface area contributed by atoms with Gasteiger partial charge in [0.15, 0.2) is 0 Å². The van der Waals surface area contributed by atoms with E-state index in [1.807, 2.05) is 24.3 Å². The molecule has 100 valence electrons. The first-order valence-electron chi connectivity index (χ1n) is 6.66. The van der Waals surface area contributed by atoms with Gasteiger partial charge in [0.1, 0.15) is 5.75 Å². The number of hydrogen-bond donors (Lipinski definition) is 1. The summed E-state index contributed by atoms with van der Waals surface area (Å²) in [6, 6.07) is 8.35. The molecule has 1 saturated heterocycles. The van der Waals surface area contributed by atoms with Gasteiger partial charge in [-0.05, 0) is 44.4 Å². The Kier molecular flexibility index (Phi) is 3.93. The predicted octanol–water partition coefficient (Wildman–Crippen LogP) is 2.39. The van der Waals surface area contributed by atoms with E-state index in [-0.39, 0.29) is 0 Å². The normalized spacial score (nSPS) is 20.1. The van der Waals surface area contributed by atoms with Gasteiger partial charge < -0.3 is 14.7 Å². The molecule has 1 N–H and O–H groups in total. The van der Waals surface area contributed by atoms with Gasteiger partial charge in [-0.3, -0.25) is 0 Å². The molecule has 0 aromatic heterocycles. The molecule has 0 amide bonds. The number of likely N-dealkylation sites (tertiary alicyclic amines) is 1. The molecular weight excluding hydrogens is 226 g/mol. The van der Waals surface area contributed by atoms with Crippen molar-refractivity contribution in [3.8, 4) is 5.75 Å². The van der Waals surface area contributed by atoms with E-state index in [1.165, 1.54) is 0 Å². The molecular formula is C15H23NO2. The zero-order valence-electron chi connectivity index (χ0n) is 11.5. The summed E-state index contributed by atoms with van der Waals surface area (Å²) in [4.78, 5) is 2.41. The monoisotopic (exact) mass is 249 g/mol. The number of benzene rings is 1. The molecule has 3 heteroatoms. The van der Waals surface area contributed by atoms with Crippen LogP contribution < -0.4 is 4.74 Å². The number of methoxy groups -OCH3 is 1. The molecule has 0 aliphatic carbocycles. The summed E-state index contributed by atoms with van der Waals surface area (Å²) in [6.07, 6.45) is 1.61. The SMILES string of the molecule is COc1ccc(C2(O)CCN(C(C)C)CC2)cc1. The molecule has 1 aliphatic heterocycles. The zero-order valence-corrected chi connectivity index (χ0v) is 11.5. The van der Waals surface area contributed by atoms with Crippen molar-refractivity contribution in [2.24, 2.45) is 0 Å². The Labute approximate surface area is 109 Å². The van der Waals surface area contributed by atoms with Crippen LogP contribution in [0.1, 0.15) is 32.3 Å².